The van der Waals surface area contributed by atoms with Gasteiger partial charge in [0.1, 0.15) is 10.7 Å². The number of sulfonamides is 1. The van der Waals surface area contributed by atoms with Gasteiger partial charge in [0.25, 0.3) is 0 Å². The lowest BCUT2D eigenvalue weighted by atomic mass is 9.92. The van der Waals surface area contributed by atoms with E-state index in [1.807, 2.05) is 13.8 Å². The zero-order chi connectivity index (χ0) is 17.8. The van der Waals surface area contributed by atoms with Gasteiger partial charge >= 0.3 is 0 Å². The van der Waals surface area contributed by atoms with Crippen LogP contribution in [0.25, 0.3) is 0 Å². The van der Waals surface area contributed by atoms with Crippen LogP contribution in [0.1, 0.15) is 27.2 Å². The Kier molecular flexibility index (Phi) is 6.38. The summed E-state index contributed by atoms with van der Waals surface area (Å²) in [5.74, 6) is -0.444. The number of ether oxygens (including phenoxy) is 2. The molecule has 0 saturated heterocycles. The maximum Gasteiger partial charge on any atom is 0.244 e. The van der Waals surface area contributed by atoms with Crippen molar-refractivity contribution in [2.75, 3.05) is 20.8 Å². The lowest BCUT2D eigenvalue weighted by molar-refractivity contribution is 0.342. The molecule has 1 aromatic carbocycles. The predicted molar refractivity (Wildman–Crippen MR) is 86.7 cm³/mol. The fraction of sp³-hybridized carbons (Fsp3) is 0.600. The third kappa shape index (κ3) is 4.79. The van der Waals surface area contributed by atoms with Crippen LogP contribution in [0.2, 0.25) is 0 Å². The highest BCUT2D eigenvalue weighted by atomic mass is 32.2. The molecule has 23 heavy (non-hydrogen) atoms. The molecule has 1 aromatic rings. The third-order valence-electron chi connectivity index (χ3n) is 3.42. The molecule has 0 aliphatic rings. The molecule has 6 nitrogen and oxygen atoms in total. The Bertz CT molecular complexity index is 649. The smallest absolute Gasteiger partial charge is 0.244 e. The molecule has 0 heterocycles. The van der Waals surface area contributed by atoms with Crippen molar-refractivity contribution in [2.45, 2.75) is 37.6 Å². The van der Waals surface area contributed by atoms with Crippen LogP contribution >= 0.6 is 0 Å². The van der Waals surface area contributed by atoms with Gasteiger partial charge < -0.3 is 15.2 Å². The Morgan fingerprint density at radius 3 is 2.22 bits per heavy atom. The number of methoxy groups -OCH3 is 2. The van der Waals surface area contributed by atoms with E-state index in [2.05, 4.69) is 4.72 Å². The van der Waals surface area contributed by atoms with Crippen molar-refractivity contribution in [1.82, 2.24) is 4.72 Å². The van der Waals surface area contributed by atoms with Gasteiger partial charge in [-0.05, 0) is 19.3 Å². The number of benzene rings is 1. The Labute approximate surface area is 137 Å². The van der Waals surface area contributed by atoms with E-state index in [0.29, 0.717) is 6.42 Å². The second kappa shape index (κ2) is 7.46. The van der Waals surface area contributed by atoms with Gasteiger partial charge in [0.05, 0.1) is 14.2 Å². The molecule has 1 rings (SSSR count). The minimum atomic E-state index is -4.10. The highest BCUT2D eigenvalue weighted by Crippen LogP contribution is 2.32. The first-order valence-electron chi connectivity index (χ1n) is 7.24. The molecule has 0 bridgehead atoms. The second-order valence-electron chi connectivity index (χ2n) is 6.11. The van der Waals surface area contributed by atoms with Crippen LogP contribution < -0.4 is 19.9 Å². The average molecular weight is 348 g/mol. The fourth-order valence-corrected chi connectivity index (χ4v) is 3.99. The van der Waals surface area contributed by atoms with Crippen molar-refractivity contribution < 1.29 is 22.3 Å². The SMILES string of the molecule is COc1cc(F)c(S(=O)(=O)NC(C)(CN)CC(C)C)cc1OC. The number of hydrogen-bond acceptors (Lipinski definition) is 5. The largest absolute Gasteiger partial charge is 0.493 e. The van der Waals surface area contributed by atoms with Crippen LogP contribution in [0.3, 0.4) is 0 Å². The van der Waals surface area contributed by atoms with E-state index in [1.54, 1.807) is 6.92 Å². The van der Waals surface area contributed by atoms with Gasteiger partial charge in [-0.3, -0.25) is 0 Å². The lowest BCUT2D eigenvalue weighted by Gasteiger charge is -2.30. The van der Waals surface area contributed by atoms with Gasteiger partial charge in [-0.2, -0.15) is 0 Å². The van der Waals surface area contributed by atoms with Crippen molar-refractivity contribution in [2.24, 2.45) is 11.7 Å². The zero-order valence-corrected chi connectivity index (χ0v) is 15.0. The lowest BCUT2D eigenvalue weighted by Crippen LogP contribution is -2.52. The first-order chi connectivity index (χ1) is 10.6. The van der Waals surface area contributed by atoms with E-state index < -0.39 is 26.3 Å². The van der Waals surface area contributed by atoms with Crippen LogP contribution in [0.4, 0.5) is 4.39 Å². The number of nitrogens with two attached hydrogens (primary N) is 1. The molecule has 0 aliphatic heterocycles. The standard InChI is InChI=1S/C15H25FN2O4S/c1-10(2)8-15(3,9-17)18-23(19,20)14-7-13(22-5)12(21-4)6-11(14)16/h6-7,10,18H,8-9,17H2,1-5H3. The van der Waals surface area contributed by atoms with Crippen LogP contribution in [-0.4, -0.2) is 34.7 Å². The van der Waals surface area contributed by atoms with Crippen molar-refractivity contribution in [3.8, 4) is 11.5 Å². The highest BCUT2D eigenvalue weighted by Gasteiger charge is 2.32. The normalized spacial score (nSPS) is 14.6. The predicted octanol–water partition coefficient (Wildman–Crippen LogP) is 1.88. The summed E-state index contributed by atoms with van der Waals surface area (Å²) in [7, 11) is -1.41. The van der Waals surface area contributed by atoms with Crippen molar-refractivity contribution in [1.29, 1.82) is 0 Å². The van der Waals surface area contributed by atoms with Crippen LogP contribution in [0.5, 0.6) is 11.5 Å². The third-order valence-corrected chi connectivity index (χ3v) is 5.07. The summed E-state index contributed by atoms with van der Waals surface area (Å²) in [6.45, 7) is 5.71. The van der Waals surface area contributed by atoms with E-state index in [-0.39, 0.29) is 24.0 Å². The van der Waals surface area contributed by atoms with Crippen molar-refractivity contribution in [3.63, 3.8) is 0 Å². The topological polar surface area (TPSA) is 90.7 Å². The van der Waals surface area contributed by atoms with E-state index in [0.717, 1.165) is 12.1 Å². The van der Waals surface area contributed by atoms with Crippen LogP contribution in [0, 0.1) is 11.7 Å². The quantitative estimate of drug-likeness (QED) is 0.749. The molecule has 1 atom stereocenters. The first kappa shape index (κ1) is 19.7. The monoisotopic (exact) mass is 348 g/mol. The Morgan fingerprint density at radius 1 is 1.26 bits per heavy atom. The van der Waals surface area contributed by atoms with Gasteiger partial charge in [-0.1, -0.05) is 13.8 Å². The number of halogens is 1. The minimum absolute atomic E-state index is 0.0965. The fourth-order valence-electron chi connectivity index (χ4n) is 2.49. The van der Waals surface area contributed by atoms with E-state index in [1.165, 1.54) is 14.2 Å². The van der Waals surface area contributed by atoms with Gasteiger partial charge in [0, 0.05) is 24.2 Å². The molecule has 0 spiro atoms. The molecule has 0 amide bonds. The Hall–Kier alpha value is -1.38. The first-order valence-corrected chi connectivity index (χ1v) is 8.72. The molecule has 1 unspecified atom stereocenters. The summed E-state index contributed by atoms with van der Waals surface area (Å²) in [6.07, 6.45) is 0.525. The summed E-state index contributed by atoms with van der Waals surface area (Å²) < 4.78 is 51.9. The van der Waals surface area contributed by atoms with Gasteiger partial charge in [0.15, 0.2) is 11.5 Å². The summed E-state index contributed by atoms with van der Waals surface area (Å²) >= 11 is 0. The molecular weight excluding hydrogens is 323 g/mol. The van der Waals surface area contributed by atoms with E-state index >= 15 is 0 Å². The average Bonchev–Trinajstić information content (AvgIpc) is 2.45. The van der Waals surface area contributed by atoms with Crippen LogP contribution in [-0.2, 0) is 10.0 Å². The Balaban J connectivity index is 3.28. The molecule has 0 aromatic heterocycles. The van der Waals surface area contributed by atoms with E-state index in [4.69, 9.17) is 15.2 Å². The molecule has 0 fully saturated rings. The number of hydrogen-bond donors (Lipinski definition) is 2. The maximum absolute atomic E-state index is 14.2. The minimum Gasteiger partial charge on any atom is -0.493 e. The molecule has 0 radical (unpaired) electrons. The second-order valence-corrected chi connectivity index (χ2v) is 7.76. The number of nitrogens with one attached hydrogen (secondary N) is 1. The maximum atomic E-state index is 14.2. The van der Waals surface area contributed by atoms with Crippen LogP contribution in [0.15, 0.2) is 17.0 Å². The summed E-state index contributed by atoms with van der Waals surface area (Å²) in [6, 6.07) is 2.08. The summed E-state index contributed by atoms with van der Waals surface area (Å²) in [5, 5.41) is 0. The number of rotatable bonds is 8. The van der Waals surface area contributed by atoms with Gasteiger partial charge in [-0.25, -0.2) is 17.5 Å². The van der Waals surface area contributed by atoms with Crippen molar-refractivity contribution >= 4 is 10.0 Å². The van der Waals surface area contributed by atoms with Gasteiger partial charge in [0.2, 0.25) is 10.0 Å². The molecule has 132 valence electrons. The molecule has 3 N–H and O–H groups in total. The highest BCUT2D eigenvalue weighted by molar-refractivity contribution is 7.89. The molecule has 0 saturated carbocycles. The zero-order valence-electron chi connectivity index (χ0n) is 14.1. The summed E-state index contributed by atoms with van der Waals surface area (Å²) in [4.78, 5) is -0.501. The van der Waals surface area contributed by atoms with Crippen molar-refractivity contribution in [3.05, 3.63) is 17.9 Å². The molecule has 0 aliphatic carbocycles. The molecule has 8 heteroatoms. The summed E-state index contributed by atoms with van der Waals surface area (Å²) in [5.41, 5.74) is 4.85. The van der Waals surface area contributed by atoms with Gasteiger partial charge in [-0.15, -0.1) is 0 Å². The Morgan fingerprint density at radius 2 is 1.78 bits per heavy atom. The molecular formula is C15H25FN2O4S. The van der Waals surface area contributed by atoms with E-state index in [9.17, 15) is 12.8 Å².